The lowest BCUT2D eigenvalue weighted by atomic mass is 10.6. The van der Waals surface area contributed by atoms with Crippen molar-refractivity contribution < 1.29 is 0 Å². The van der Waals surface area contributed by atoms with Crippen molar-refractivity contribution in [1.82, 2.24) is 15.0 Å². The summed E-state index contributed by atoms with van der Waals surface area (Å²) >= 11 is 5.80. The van der Waals surface area contributed by atoms with Crippen LogP contribution in [0.5, 0.6) is 0 Å². The van der Waals surface area contributed by atoms with Crippen LogP contribution in [-0.2, 0) is 0 Å². The summed E-state index contributed by atoms with van der Waals surface area (Å²) in [4.78, 5) is 3.99. The molecule has 1 atom stereocenters. The Morgan fingerprint density at radius 2 is 2.60 bits per heavy atom. The molecule has 0 radical (unpaired) electrons. The number of fused-ring (bicyclic) bond motifs is 1. The minimum absolute atomic E-state index is 0.257. The van der Waals surface area contributed by atoms with Crippen LogP contribution in [0.4, 0.5) is 0 Å². The lowest BCUT2D eigenvalue weighted by Gasteiger charge is -2.12. The molecule has 1 aromatic heterocycles. The zero-order valence-electron chi connectivity index (χ0n) is 5.03. The molecule has 0 aromatic carbocycles. The molecule has 0 spiro atoms. The highest BCUT2D eigenvalue weighted by Gasteiger charge is 2.14. The lowest BCUT2D eigenvalue weighted by Crippen LogP contribution is -2.22. The molecule has 2 heterocycles. The molecule has 0 amide bonds. The number of hydrogen-bond donors (Lipinski definition) is 1. The van der Waals surface area contributed by atoms with Crippen molar-refractivity contribution in [2.75, 3.05) is 0 Å². The number of halogens is 1. The van der Waals surface area contributed by atoms with E-state index in [4.69, 9.17) is 11.6 Å². The zero-order chi connectivity index (χ0) is 6.97. The second kappa shape index (κ2) is 1.98. The van der Waals surface area contributed by atoms with E-state index in [0.717, 1.165) is 5.82 Å². The van der Waals surface area contributed by atoms with E-state index in [1.165, 1.54) is 0 Å². The SMILES string of the molecule is ClC1NC=Nn2ccnc21. The largest absolute Gasteiger partial charge is 0.352 e. The van der Waals surface area contributed by atoms with Gasteiger partial charge in [-0.2, -0.15) is 5.10 Å². The first-order chi connectivity index (χ1) is 4.88. The normalized spacial score (nSPS) is 21.9. The van der Waals surface area contributed by atoms with Gasteiger partial charge in [-0.15, -0.1) is 0 Å². The van der Waals surface area contributed by atoms with Gasteiger partial charge in [0.2, 0.25) is 0 Å². The van der Waals surface area contributed by atoms with Crippen molar-refractivity contribution >= 4 is 17.9 Å². The summed E-state index contributed by atoms with van der Waals surface area (Å²) < 4.78 is 1.63. The number of nitrogens with one attached hydrogen (secondary N) is 1. The first-order valence-corrected chi connectivity index (χ1v) is 3.28. The van der Waals surface area contributed by atoms with Crippen LogP contribution in [0, 0.1) is 0 Å². The Morgan fingerprint density at radius 1 is 1.70 bits per heavy atom. The Bertz CT molecular complexity index is 266. The van der Waals surface area contributed by atoms with E-state index in [2.05, 4.69) is 15.4 Å². The molecule has 1 aliphatic heterocycles. The molecule has 0 bridgehead atoms. The highest BCUT2D eigenvalue weighted by atomic mass is 35.5. The van der Waals surface area contributed by atoms with Gasteiger partial charge in [-0.3, -0.25) is 0 Å². The van der Waals surface area contributed by atoms with E-state index < -0.39 is 0 Å². The van der Waals surface area contributed by atoms with E-state index in [1.807, 2.05) is 0 Å². The fourth-order valence-corrected chi connectivity index (χ4v) is 1.04. The maximum atomic E-state index is 5.80. The highest BCUT2D eigenvalue weighted by molar-refractivity contribution is 6.20. The van der Waals surface area contributed by atoms with Crippen molar-refractivity contribution in [1.29, 1.82) is 0 Å². The van der Waals surface area contributed by atoms with E-state index in [0.29, 0.717) is 0 Å². The minimum Gasteiger partial charge on any atom is -0.352 e. The fourth-order valence-electron chi connectivity index (χ4n) is 0.823. The van der Waals surface area contributed by atoms with Gasteiger partial charge >= 0.3 is 0 Å². The van der Waals surface area contributed by atoms with Crippen LogP contribution in [0.1, 0.15) is 11.3 Å². The van der Waals surface area contributed by atoms with Crippen LogP contribution in [0.15, 0.2) is 17.5 Å². The number of nitrogens with zero attached hydrogens (tertiary/aromatic N) is 3. The molecule has 52 valence electrons. The second-order valence-corrected chi connectivity index (χ2v) is 2.34. The third-order valence-corrected chi connectivity index (χ3v) is 1.60. The quantitative estimate of drug-likeness (QED) is 0.440. The van der Waals surface area contributed by atoms with E-state index >= 15 is 0 Å². The van der Waals surface area contributed by atoms with Crippen LogP contribution in [0.25, 0.3) is 0 Å². The molecule has 4 nitrogen and oxygen atoms in total. The van der Waals surface area contributed by atoms with Crippen LogP contribution >= 0.6 is 11.6 Å². The Labute approximate surface area is 62.5 Å². The molecular formula is C5H5ClN4. The average Bonchev–Trinajstić information content (AvgIpc) is 2.36. The molecule has 1 N–H and O–H groups in total. The van der Waals surface area contributed by atoms with Crippen molar-refractivity contribution in [3.8, 4) is 0 Å². The number of rotatable bonds is 0. The summed E-state index contributed by atoms with van der Waals surface area (Å²) in [6.45, 7) is 0. The molecular weight excluding hydrogens is 152 g/mol. The van der Waals surface area contributed by atoms with E-state index in [9.17, 15) is 0 Å². The summed E-state index contributed by atoms with van der Waals surface area (Å²) in [5.41, 5.74) is -0.257. The third-order valence-electron chi connectivity index (χ3n) is 1.28. The van der Waals surface area contributed by atoms with Crippen LogP contribution in [0.3, 0.4) is 0 Å². The van der Waals surface area contributed by atoms with Gasteiger partial charge in [0.25, 0.3) is 0 Å². The average molecular weight is 157 g/mol. The van der Waals surface area contributed by atoms with Gasteiger partial charge in [-0.25, -0.2) is 9.66 Å². The standard InChI is InChI=1S/C5H5ClN4/c6-4-5-7-1-2-10(5)9-3-8-4/h1-4H,(H,8,9). The summed E-state index contributed by atoms with van der Waals surface area (Å²) in [7, 11) is 0. The van der Waals surface area contributed by atoms with Gasteiger partial charge in [0.05, 0.1) is 0 Å². The first-order valence-electron chi connectivity index (χ1n) is 2.84. The van der Waals surface area contributed by atoms with Crippen molar-refractivity contribution in [2.45, 2.75) is 5.50 Å². The summed E-state index contributed by atoms with van der Waals surface area (Å²) in [5, 5.41) is 6.75. The Balaban J connectivity index is 2.52. The van der Waals surface area contributed by atoms with E-state index in [1.54, 1.807) is 23.4 Å². The molecule has 1 aromatic rings. The molecule has 2 rings (SSSR count). The number of hydrogen-bond acceptors (Lipinski definition) is 3. The topological polar surface area (TPSA) is 42.2 Å². The molecule has 10 heavy (non-hydrogen) atoms. The predicted octanol–water partition coefficient (Wildman–Crippen LogP) is 0.515. The summed E-state index contributed by atoms with van der Waals surface area (Å²) in [6, 6.07) is 0. The predicted molar refractivity (Wildman–Crippen MR) is 37.8 cm³/mol. The second-order valence-electron chi connectivity index (χ2n) is 1.90. The van der Waals surface area contributed by atoms with Gasteiger partial charge in [0.15, 0.2) is 11.3 Å². The van der Waals surface area contributed by atoms with Gasteiger partial charge in [-0.1, -0.05) is 11.6 Å². The smallest absolute Gasteiger partial charge is 0.167 e. The Morgan fingerprint density at radius 3 is 3.40 bits per heavy atom. The molecule has 0 saturated heterocycles. The van der Waals surface area contributed by atoms with Crippen LogP contribution < -0.4 is 5.32 Å². The highest BCUT2D eigenvalue weighted by Crippen LogP contribution is 2.16. The molecule has 1 aliphatic rings. The number of alkyl halides is 1. The van der Waals surface area contributed by atoms with Crippen molar-refractivity contribution in [3.63, 3.8) is 0 Å². The monoisotopic (exact) mass is 156 g/mol. The number of imidazole rings is 1. The summed E-state index contributed by atoms with van der Waals surface area (Å²) in [5.74, 6) is 0.726. The Hall–Kier alpha value is -1.03. The molecule has 0 aliphatic carbocycles. The molecule has 1 unspecified atom stereocenters. The van der Waals surface area contributed by atoms with Gasteiger partial charge in [0.1, 0.15) is 6.34 Å². The first kappa shape index (κ1) is 5.73. The number of aromatic nitrogens is 2. The maximum Gasteiger partial charge on any atom is 0.167 e. The van der Waals surface area contributed by atoms with Gasteiger partial charge in [-0.05, 0) is 0 Å². The van der Waals surface area contributed by atoms with Gasteiger partial charge < -0.3 is 5.32 Å². The van der Waals surface area contributed by atoms with Crippen molar-refractivity contribution in [3.05, 3.63) is 18.2 Å². The molecule has 0 fully saturated rings. The lowest BCUT2D eigenvalue weighted by molar-refractivity contribution is 0.683. The van der Waals surface area contributed by atoms with Crippen LogP contribution in [-0.4, -0.2) is 16.0 Å². The summed E-state index contributed by atoms with van der Waals surface area (Å²) in [6.07, 6.45) is 4.96. The third kappa shape index (κ3) is 0.690. The van der Waals surface area contributed by atoms with E-state index in [-0.39, 0.29) is 5.50 Å². The van der Waals surface area contributed by atoms with Crippen LogP contribution in [0.2, 0.25) is 0 Å². The Kier molecular flexibility index (Phi) is 1.14. The minimum atomic E-state index is -0.257. The molecule has 0 saturated carbocycles. The zero-order valence-corrected chi connectivity index (χ0v) is 5.78. The fraction of sp³-hybridized carbons (Fsp3) is 0.200. The maximum absolute atomic E-state index is 5.80. The van der Waals surface area contributed by atoms with Crippen molar-refractivity contribution in [2.24, 2.45) is 5.10 Å². The van der Waals surface area contributed by atoms with Gasteiger partial charge in [0, 0.05) is 12.4 Å². The molecule has 5 heteroatoms.